The minimum atomic E-state index is 0.728. The summed E-state index contributed by atoms with van der Waals surface area (Å²) in [5.74, 6) is 0. The van der Waals surface area contributed by atoms with Gasteiger partial charge in [0.1, 0.15) is 0 Å². The average molecular weight is 238 g/mol. The van der Waals surface area contributed by atoms with Crippen molar-refractivity contribution >= 4 is 0 Å². The molecule has 0 radical (unpaired) electrons. The molecule has 0 heterocycles. The summed E-state index contributed by atoms with van der Waals surface area (Å²) in [6.07, 6.45) is 1.07. The molecule has 0 unspecified atom stereocenters. The van der Waals surface area contributed by atoms with Crippen molar-refractivity contribution < 1.29 is 4.74 Å². The summed E-state index contributed by atoms with van der Waals surface area (Å²) in [6.45, 7) is 5.76. The van der Waals surface area contributed by atoms with E-state index in [2.05, 4.69) is 43.3 Å². The third kappa shape index (κ3) is 1.75. The quantitative estimate of drug-likeness (QED) is 0.667. The second-order valence-corrected chi connectivity index (χ2v) is 4.85. The summed E-state index contributed by atoms with van der Waals surface area (Å²) in [4.78, 5) is 0. The first-order valence-electron chi connectivity index (χ1n) is 6.58. The van der Waals surface area contributed by atoms with Gasteiger partial charge >= 0.3 is 0 Å². The molecular formula is C17H18O. The number of ether oxygens (including phenoxy) is 1. The number of hydrogen-bond acceptors (Lipinski definition) is 1. The van der Waals surface area contributed by atoms with Crippen molar-refractivity contribution in [1.82, 2.24) is 0 Å². The van der Waals surface area contributed by atoms with E-state index in [-0.39, 0.29) is 0 Å². The normalized spacial score (nSPS) is 12.3. The van der Waals surface area contributed by atoms with Gasteiger partial charge in [-0.15, -0.1) is 0 Å². The van der Waals surface area contributed by atoms with Crippen molar-refractivity contribution in [3.63, 3.8) is 0 Å². The van der Waals surface area contributed by atoms with Gasteiger partial charge in [0.2, 0.25) is 0 Å². The fraction of sp³-hybridized carbons (Fsp3) is 0.294. The van der Waals surface area contributed by atoms with Crippen LogP contribution in [0.5, 0.6) is 0 Å². The highest BCUT2D eigenvalue weighted by atomic mass is 16.5. The van der Waals surface area contributed by atoms with E-state index in [1.807, 2.05) is 6.92 Å². The topological polar surface area (TPSA) is 9.23 Å². The van der Waals surface area contributed by atoms with E-state index in [1.165, 1.54) is 33.4 Å². The lowest BCUT2D eigenvalue weighted by molar-refractivity contribution is 0.133. The van der Waals surface area contributed by atoms with Crippen LogP contribution in [0.1, 0.15) is 29.2 Å². The second-order valence-electron chi connectivity index (χ2n) is 4.85. The van der Waals surface area contributed by atoms with Crippen LogP contribution in [0.2, 0.25) is 0 Å². The Morgan fingerprint density at radius 2 is 1.89 bits per heavy atom. The third-order valence-electron chi connectivity index (χ3n) is 3.85. The van der Waals surface area contributed by atoms with Gasteiger partial charge < -0.3 is 4.74 Å². The highest BCUT2D eigenvalue weighted by Gasteiger charge is 2.20. The summed E-state index contributed by atoms with van der Waals surface area (Å²) < 4.78 is 5.54. The number of rotatable bonds is 3. The highest BCUT2D eigenvalue weighted by Crippen LogP contribution is 2.38. The molecule has 0 N–H and O–H groups in total. The van der Waals surface area contributed by atoms with Gasteiger partial charge in [-0.25, -0.2) is 0 Å². The maximum Gasteiger partial charge on any atom is 0.0719 e. The smallest absolute Gasteiger partial charge is 0.0719 e. The van der Waals surface area contributed by atoms with Crippen LogP contribution in [0.25, 0.3) is 11.1 Å². The zero-order valence-corrected chi connectivity index (χ0v) is 11.0. The first kappa shape index (κ1) is 11.5. The fourth-order valence-electron chi connectivity index (χ4n) is 2.78. The Bertz CT molecular complexity index is 584. The van der Waals surface area contributed by atoms with Gasteiger partial charge in [0.05, 0.1) is 6.61 Å². The molecule has 0 saturated carbocycles. The van der Waals surface area contributed by atoms with E-state index in [0.29, 0.717) is 0 Å². The Morgan fingerprint density at radius 1 is 1.06 bits per heavy atom. The summed E-state index contributed by atoms with van der Waals surface area (Å²) in [7, 11) is 0. The summed E-state index contributed by atoms with van der Waals surface area (Å²) in [6, 6.07) is 13.2. The van der Waals surface area contributed by atoms with Gasteiger partial charge in [-0.2, -0.15) is 0 Å². The molecule has 0 aliphatic heterocycles. The highest BCUT2D eigenvalue weighted by molar-refractivity contribution is 5.78. The fourth-order valence-corrected chi connectivity index (χ4v) is 2.78. The molecule has 18 heavy (non-hydrogen) atoms. The standard InChI is InChI=1S/C17H18O/c1-3-18-11-14-8-9-16-15-7-5-4-6-13(15)10-17(16)12(14)2/h4-9H,3,10-11H2,1-2H3. The Labute approximate surface area is 108 Å². The second kappa shape index (κ2) is 4.58. The van der Waals surface area contributed by atoms with Crippen molar-refractivity contribution in [3.8, 4) is 11.1 Å². The van der Waals surface area contributed by atoms with Crippen molar-refractivity contribution in [1.29, 1.82) is 0 Å². The molecule has 0 fully saturated rings. The van der Waals surface area contributed by atoms with Gasteiger partial charge in [-0.3, -0.25) is 0 Å². The van der Waals surface area contributed by atoms with Crippen LogP contribution in [0.3, 0.4) is 0 Å². The minimum Gasteiger partial charge on any atom is -0.377 e. The first-order valence-corrected chi connectivity index (χ1v) is 6.58. The lowest BCUT2D eigenvalue weighted by Gasteiger charge is -2.11. The first-order chi connectivity index (χ1) is 8.81. The summed E-state index contributed by atoms with van der Waals surface area (Å²) in [5.41, 5.74) is 8.46. The predicted molar refractivity (Wildman–Crippen MR) is 74.8 cm³/mol. The largest absolute Gasteiger partial charge is 0.377 e. The molecule has 92 valence electrons. The maximum absolute atomic E-state index is 5.54. The van der Waals surface area contributed by atoms with Gasteiger partial charge in [0.15, 0.2) is 0 Å². The molecule has 0 bridgehead atoms. The molecule has 0 aromatic heterocycles. The van der Waals surface area contributed by atoms with Crippen molar-refractivity contribution in [2.75, 3.05) is 6.61 Å². The molecule has 0 saturated heterocycles. The number of hydrogen-bond donors (Lipinski definition) is 0. The molecule has 0 amide bonds. The van der Waals surface area contributed by atoms with E-state index >= 15 is 0 Å². The van der Waals surface area contributed by atoms with Gasteiger partial charge in [0.25, 0.3) is 0 Å². The van der Waals surface area contributed by atoms with Crippen molar-refractivity contribution in [2.45, 2.75) is 26.9 Å². The van der Waals surface area contributed by atoms with E-state index < -0.39 is 0 Å². The van der Waals surface area contributed by atoms with E-state index in [1.54, 1.807) is 0 Å². The Balaban J connectivity index is 2.04. The van der Waals surface area contributed by atoms with Gasteiger partial charge in [-0.05, 0) is 53.6 Å². The van der Waals surface area contributed by atoms with E-state index in [9.17, 15) is 0 Å². The SMILES string of the molecule is CCOCc1ccc2c(c1C)Cc1ccccc1-2. The molecular weight excluding hydrogens is 220 g/mol. The van der Waals surface area contributed by atoms with E-state index in [0.717, 1.165) is 19.6 Å². The predicted octanol–water partition coefficient (Wildman–Crippen LogP) is 4.10. The third-order valence-corrected chi connectivity index (χ3v) is 3.85. The molecule has 0 atom stereocenters. The van der Waals surface area contributed by atoms with Crippen LogP contribution in [0.15, 0.2) is 36.4 Å². The Morgan fingerprint density at radius 3 is 2.72 bits per heavy atom. The number of fused-ring (bicyclic) bond motifs is 3. The molecule has 3 rings (SSSR count). The number of benzene rings is 2. The molecule has 1 heteroatoms. The van der Waals surface area contributed by atoms with Crippen LogP contribution in [-0.2, 0) is 17.8 Å². The molecule has 1 nitrogen and oxygen atoms in total. The summed E-state index contributed by atoms with van der Waals surface area (Å²) in [5, 5.41) is 0. The molecule has 1 aliphatic rings. The average Bonchev–Trinajstić information content (AvgIpc) is 2.78. The molecule has 2 aromatic carbocycles. The van der Waals surface area contributed by atoms with Crippen molar-refractivity contribution in [2.24, 2.45) is 0 Å². The molecule has 0 spiro atoms. The Kier molecular flexibility index (Phi) is 2.92. The lowest BCUT2D eigenvalue weighted by atomic mass is 9.97. The molecule has 1 aliphatic carbocycles. The van der Waals surface area contributed by atoms with Crippen LogP contribution in [0, 0.1) is 6.92 Å². The van der Waals surface area contributed by atoms with E-state index in [4.69, 9.17) is 4.74 Å². The monoisotopic (exact) mass is 238 g/mol. The summed E-state index contributed by atoms with van der Waals surface area (Å²) >= 11 is 0. The van der Waals surface area contributed by atoms with Crippen LogP contribution < -0.4 is 0 Å². The maximum atomic E-state index is 5.54. The molecule has 2 aromatic rings. The van der Waals surface area contributed by atoms with Gasteiger partial charge in [-0.1, -0.05) is 36.4 Å². The van der Waals surface area contributed by atoms with Gasteiger partial charge in [0, 0.05) is 6.61 Å². The van der Waals surface area contributed by atoms with Crippen LogP contribution in [0.4, 0.5) is 0 Å². The zero-order chi connectivity index (χ0) is 12.5. The Hall–Kier alpha value is -1.60. The lowest BCUT2D eigenvalue weighted by Crippen LogP contribution is -1.98. The van der Waals surface area contributed by atoms with Crippen molar-refractivity contribution in [3.05, 3.63) is 58.7 Å². The minimum absolute atomic E-state index is 0.728. The van der Waals surface area contributed by atoms with Crippen LogP contribution in [-0.4, -0.2) is 6.61 Å². The van der Waals surface area contributed by atoms with Crippen LogP contribution >= 0.6 is 0 Å². The zero-order valence-electron chi connectivity index (χ0n) is 11.0.